The molecule has 3 fully saturated rings. The summed E-state index contributed by atoms with van der Waals surface area (Å²) in [6.07, 6.45) is 5.45. The second-order valence-electron chi connectivity index (χ2n) is 11.0. The number of imide groups is 1. The number of rotatable bonds is 4. The van der Waals surface area contributed by atoms with E-state index in [4.69, 9.17) is 4.74 Å². The monoisotopic (exact) mass is 489 g/mol. The highest BCUT2D eigenvalue weighted by Crippen LogP contribution is 2.65. The Kier molecular flexibility index (Phi) is 4.81. The fourth-order valence-electron chi connectivity index (χ4n) is 6.83. The number of aryl methyl sites for hydroxylation is 2. The lowest BCUT2D eigenvalue weighted by atomic mass is 9.63. The van der Waals surface area contributed by atoms with Crippen molar-refractivity contribution >= 4 is 23.5 Å². The molecule has 0 N–H and O–H groups in total. The zero-order valence-corrected chi connectivity index (χ0v) is 20.8. The molecule has 4 aliphatic carbocycles. The van der Waals surface area contributed by atoms with E-state index >= 15 is 0 Å². The fraction of sp³-hybridized carbons (Fsp3) is 0.281. The first kappa shape index (κ1) is 22.2. The van der Waals surface area contributed by atoms with Crippen molar-refractivity contribution in [1.29, 1.82) is 0 Å². The number of anilines is 1. The number of esters is 1. The number of carbonyl (C=O) groups is 3. The summed E-state index contributed by atoms with van der Waals surface area (Å²) < 4.78 is 5.73. The molecule has 5 heteroatoms. The molecule has 2 saturated carbocycles. The minimum Gasteiger partial charge on any atom is -0.423 e. The molecule has 0 aromatic heterocycles. The van der Waals surface area contributed by atoms with Gasteiger partial charge < -0.3 is 4.74 Å². The van der Waals surface area contributed by atoms with E-state index in [2.05, 4.69) is 43.3 Å². The first-order chi connectivity index (χ1) is 17.9. The number of hydrogen-bond acceptors (Lipinski definition) is 4. The quantitative estimate of drug-likeness (QED) is 0.203. The standard InChI is InChI=1S/C32H27NO4/c1-17-6-8-19(9-7-17)20-10-13-27(18(2)14-20)37-32(36)21-4-3-5-22(15-21)33-30(34)28-23-11-12-24(26-16-25(23)26)29(28)31(33)35/h3-15,23-26,28-29H,16H2,1-2H3/t23-,24-,25-,26-,28-,29+/m0/s1. The van der Waals surface area contributed by atoms with Crippen LogP contribution in [0, 0.1) is 49.4 Å². The Balaban J connectivity index is 1.12. The van der Waals surface area contributed by atoms with Gasteiger partial charge in [-0.15, -0.1) is 0 Å². The van der Waals surface area contributed by atoms with Gasteiger partial charge in [0.15, 0.2) is 0 Å². The summed E-state index contributed by atoms with van der Waals surface area (Å²) in [4.78, 5) is 41.3. The molecule has 0 unspecified atom stereocenters. The third kappa shape index (κ3) is 3.41. The lowest BCUT2D eigenvalue weighted by molar-refractivity contribution is -0.124. The van der Waals surface area contributed by atoms with E-state index in [9.17, 15) is 14.4 Å². The molecule has 1 heterocycles. The smallest absolute Gasteiger partial charge is 0.343 e. The summed E-state index contributed by atoms with van der Waals surface area (Å²) in [5.74, 6) is 0.597. The van der Waals surface area contributed by atoms with Crippen molar-refractivity contribution in [2.24, 2.45) is 35.5 Å². The summed E-state index contributed by atoms with van der Waals surface area (Å²) in [5.41, 5.74) is 4.94. The summed E-state index contributed by atoms with van der Waals surface area (Å²) in [6.45, 7) is 3.96. The van der Waals surface area contributed by atoms with Gasteiger partial charge in [0, 0.05) is 0 Å². The van der Waals surface area contributed by atoms with Crippen LogP contribution in [0.5, 0.6) is 5.75 Å². The van der Waals surface area contributed by atoms with E-state index < -0.39 is 5.97 Å². The van der Waals surface area contributed by atoms with Crippen LogP contribution in [0.2, 0.25) is 0 Å². The second-order valence-corrected chi connectivity index (χ2v) is 11.0. The molecular formula is C32H27NO4. The summed E-state index contributed by atoms with van der Waals surface area (Å²) in [5, 5.41) is 0. The maximum atomic E-state index is 13.4. The molecule has 2 bridgehead atoms. The first-order valence-electron chi connectivity index (χ1n) is 13.0. The van der Waals surface area contributed by atoms with Crippen LogP contribution in [0.15, 0.2) is 78.9 Å². The van der Waals surface area contributed by atoms with Crippen LogP contribution in [0.1, 0.15) is 27.9 Å². The van der Waals surface area contributed by atoms with Crippen LogP contribution in [0.25, 0.3) is 11.1 Å². The van der Waals surface area contributed by atoms with Crippen molar-refractivity contribution in [3.05, 3.63) is 95.6 Å². The molecule has 0 spiro atoms. The second kappa shape index (κ2) is 8.01. The van der Waals surface area contributed by atoms with E-state index in [1.807, 2.05) is 19.1 Å². The predicted octanol–water partition coefficient (Wildman–Crippen LogP) is 5.75. The third-order valence-electron chi connectivity index (χ3n) is 8.77. The maximum absolute atomic E-state index is 13.4. The van der Waals surface area contributed by atoms with Crippen LogP contribution in [0.4, 0.5) is 5.69 Å². The van der Waals surface area contributed by atoms with Crippen molar-refractivity contribution in [3.8, 4) is 16.9 Å². The zero-order valence-electron chi connectivity index (χ0n) is 20.8. The number of nitrogens with zero attached hydrogens (tertiary/aromatic N) is 1. The largest absolute Gasteiger partial charge is 0.423 e. The van der Waals surface area contributed by atoms with Gasteiger partial charge in [0.05, 0.1) is 23.1 Å². The van der Waals surface area contributed by atoms with Gasteiger partial charge in [-0.25, -0.2) is 9.69 Å². The molecule has 2 amide bonds. The van der Waals surface area contributed by atoms with Gasteiger partial charge in [0.2, 0.25) is 11.8 Å². The Morgan fingerprint density at radius 3 is 2.11 bits per heavy atom. The lowest BCUT2D eigenvalue weighted by Gasteiger charge is -2.37. The number of carbonyl (C=O) groups excluding carboxylic acids is 3. The maximum Gasteiger partial charge on any atom is 0.343 e. The Morgan fingerprint density at radius 1 is 0.811 bits per heavy atom. The highest BCUT2D eigenvalue weighted by atomic mass is 16.5. The van der Waals surface area contributed by atoms with E-state index in [1.165, 1.54) is 10.5 Å². The SMILES string of the molecule is Cc1ccc(-c2ccc(OC(=O)c3cccc(N4C(=O)[C@@H]5[C@H]6C=C[C@@H]([C@@H]7C[C@@H]67)[C@@H]5C4=O)c3)c(C)c2)cc1. The molecule has 1 aliphatic heterocycles. The van der Waals surface area contributed by atoms with Gasteiger partial charge in [0.1, 0.15) is 5.75 Å². The minimum atomic E-state index is -0.521. The normalized spacial score (nSPS) is 28.8. The predicted molar refractivity (Wildman–Crippen MR) is 140 cm³/mol. The van der Waals surface area contributed by atoms with Crippen LogP contribution >= 0.6 is 0 Å². The van der Waals surface area contributed by atoms with Crippen molar-refractivity contribution in [1.82, 2.24) is 0 Å². The molecule has 5 nitrogen and oxygen atoms in total. The zero-order chi connectivity index (χ0) is 25.4. The van der Waals surface area contributed by atoms with Crippen molar-refractivity contribution in [2.75, 3.05) is 4.90 Å². The molecule has 184 valence electrons. The number of allylic oxidation sites excluding steroid dienone is 2. The topological polar surface area (TPSA) is 63.7 Å². The average Bonchev–Trinajstić information content (AvgIpc) is 3.68. The Hall–Kier alpha value is -3.99. The Bertz CT molecular complexity index is 1470. The molecular weight excluding hydrogens is 462 g/mol. The lowest BCUT2D eigenvalue weighted by Crippen LogP contribution is -2.40. The van der Waals surface area contributed by atoms with E-state index in [-0.39, 0.29) is 35.5 Å². The van der Waals surface area contributed by atoms with E-state index in [1.54, 1.807) is 30.3 Å². The van der Waals surface area contributed by atoms with Crippen LogP contribution in [-0.2, 0) is 9.59 Å². The van der Waals surface area contributed by atoms with Gasteiger partial charge in [-0.1, -0.05) is 54.1 Å². The van der Waals surface area contributed by atoms with Crippen molar-refractivity contribution in [2.45, 2.75) is 20.3 Å². The summed E-state index contributed by atoms with van der Waals surface area (Å²) in [6, 6.07) is 20.7. The molecule has 3 aromatic rings. The summed E-state index contributed by atoms with van der Waals surface area (Å²) in [7, 11) is 0. The van der Waals surface area contributed by atoms with E-state index in [0.29, 0.717) is 28.8 Å². The van der Waals surface area contributed by atoms with Crippen LogP contribution < -0.4 is 9.64 Å². The first-order valence-corrected chi connectivity index (χ1v) is 13.0. The number of hydrogen-bond donors (Lipinski definition) is 0. The molecule has 1 saturated heterocycles. The van der Waals surface area contributed by atoms with Gasteiger partial charge in [-0.3, -0.25) is 9.59 Å². The van der Waals surface area contributed by atoms with Crippen LogP contribution in [-0.4, -0.2) is 17.8 Å². The molecule has 3 aromatic carbocycles. The van der Waals surface area contributed by atoms with Crippen molar-refractivity contribution < 1.29 is 19.1 Å². The van der Waals surface area contributed by atoms with Gasteiger partial charge >= 0.3 is 5.97 Å². The third-order valence-corrected chi connectivity index (χ3v) is 8.77. The summed E-state index contributed by atoms with van der Waals surface area (Å²) >= 11 is 0. The molecule has 5 aliphatic rings. The number of benzene rings is 3. The van der Waals surface area contributed by atoms with Crippen LogP contribution in [0.3, 0.4) is 0 Å². The average molecular weight is 490 g/mol. The van der Waals surface area contributed by atoms with Crippen molar-refractivity contribution in [3.63, 3.8) is 0 Å². The molecule has 8 rings (SSSR count). The molecule has 37 heavy (non-hydrogen) atoms. The number of amides is 2. The molecule has 0 radical (unpaired) electrons. The Labute approximate surface area is 215 Å². The Morgan fingerprint density at radius 2 is 1.46 bits per heavy atom. The van der Waals surface area contributed by atoms with E-state index in [0.717, 1.165) is 23.1 Å². The molecule has 6 atom stereocenters. The van der Waals surface area contributed by atoms with Gasteiger partial charge in [-0.05, 0) is 91.0 Å². The van der Waals surface area contributed by atoms with Gasteiger partial charge in [0.25, 0.3) is 0 Å². The highest BCUT2D eigenvalue weighted by Gasteiger charge is 2.67. The van der Waals surface area contributed by atoms with Gasteiger partial charge in [-0.2, -0.15) is 0 Å². The fourth-order valence-corrected chi connectivity index (χ4v) is 6.83. The minimum absolute atomic E-state index is 0.132. The number of ether oxygens (including phenoxy) is 1. The highest BCUT2D eigenvalue weighted by molar-refractivity contribution is 6.23.